The number of hydrogen-bond acceptors (Lipinski definition) is 4. The predicted molar refractivity (Wildman–Crippen MR) is 271 cm³/mol. The Morgan fingerprint density at radius 2 is 0.970 bits per heavy atom. The molecule has 0 radical (unpaired) electrons. The van der Waals surface area contributed by atoms with Crippen LogP contribution >= 0.6 is 0 Å². The van der Waals surface area contributed by atoms with E-state index in [1.807, 2.05) is 6.07 Å². The highest BCUT2D eigenvalue weighted by Crippen LogP contribution is 2.69. The Balaban J connectivity index is 0.779. The third-order valence-electron chi connectivity index (χ3n) is 22.4. The van der Waals surface area contributed by atoms with Gasteiger partial charge in [0.05, 0.1) is 11.1 Å². The van der Waals surface area contributed by atoms with E-state index in [1.165, 1.54) is 103 Å². The fraction of sp³-hybridized carbons (Fsp3) is 0.806. The molecule has 16 atom stereocenters. The molecule has 0 spiro atoms. The van der Waals surface area contributed by atoms with E-state index in [9.17, 15) is 9.59 Å². The number of carbonyl (C=O) groups is 2. The number of esters is 2. The summed E-state index contributed by atoms with van der Waals surface area (Å²) < 4.78 is 12.6. The SMILES string of the molecule is CC(C)CCC[C@@H](C)[C@H]1CC[C@H]2[C@@H]3CC=C4C[C@@H](OC(=O)c5cccc(C(=O)O[C@H]6CC[C@@]7(C)C(=CC[C@H]8[C@@H]9CC[C@H]([C@H](C)CCCC(C)C)[C@@]9(C)CC[C@@H]87)C6)c5)CC[C@]4(C)[C@H]3CC[C@]12C. The van der Waals surface area contributed by atoms with Gasteiger partial charge in [-0.3, -0.25) is 0 Å². The van der Waals surface area contributed by atoms with Gasteiger partial charge in [0.25, 0.3) is 0 Å². The Labute approximate surface area is 403 Å². The molecular formula is C62H94O4. The Morgan fingerprint density at radius 1 is 0.545 bits per heavy atom. The van der Waals surface area contributed by atoms with E-state index in [4.69, 9.17) is 9.47 Å². The van der Waals surface area contributed by atoms with E-state index in [0.29, 0.717) is 22.0 Å². The van der Waals surface area contributed by atoms with Crippen LogP contribution in [0.2, 0.25) is 0 Å². The minimum absolute atomic E-state index is 0.114. The van der Waals surface area contributed by atoms with Gasteiger partial charge in [0.15, 0.2) is 0 Å². The molecule has 1 aromatic rings. The second-order valence-corrected chi connectivity index (χ2v) is 26.7. The van der Waals surface area contributed by atoms with Gasteiger partial charge in [-0.15, -0.1) is 0 Å². The van der Waals surface area contributed by atoms with Gasteiger partial charge in [0.1, 0.15) is 12.2 Å². The molecule has 0 aromatic heterocycles. The van der Waals surface area contributed by atoms with Crippen LogP contribution in [0.25, 0.3) is 0 Å². The maximum atomic E-state index is 13.8. The molecule has 0 amide bonds. The fourth-order valence-electron chi connectivity index (χ4n) is 18.7. The highest BCUT2D eigenvalue weighted by molar-refractivity contribution is 5.95. The lowest BCUT2D eigenvalue weighted by Gasteiger charge is -2.58. The molecule has 8 aliphatic rings. The lowest BCUT2D eigenvalue weighted by atomic mass is 9.47. The van der Waals surface area contributed by atoms with Crippen LogP contribution in [0.15, 0.2) is 47.6 Å². The summed E-state index contributed by atoms with van der Waals surface area (Å²) in [6, 6.07) is 7.16. The molecule has 8 aliphatic carbocycles. The number of hydrogen-bond donors (Lipinski definition) is 0. The molecule has 6 fully saturated rings. The van der Waals surface area contributed by atoms with Gasteiger partial charge in [-0.1, -0.05) is 137 Å². The van der Waals surface area contributed by atoms with Gasteiger partial charge in [0, 0.05) is 12.8 Å². The Morgan fingerprint density at radius 3 is 1.38 bits per heavy atom. The fourth-order valence-corrected chi connectivity index (χ4v) is 18.7. The van der Waals surface area contributed by atoms with Gasteiger partial charge in [-0.2, -0.15) is 0 Å². The summed E-state index contributed by atoms with van der Waals surface area (Å²) in [7, 11) is 0. The zero-order chi connectivity index (χ0) is 46.8. The molecule has 0 unspecified atom stereocenters. The molecule has 0 bridgehead atoms. The first-order chi connectivity index (χ1) is 31.4. The Bertz CT molecular complexity index is 1840. The standard InChI is InChI=1S/C62H94O4/c1-39(2)14-11-16-41(5)51-24-26-53-49-22-20-45-37-47(28-32-59(45,7)55(49)30-34-61(51,53)9)65-57(63)43-18-13-19-44(36-43)58(64)66-48-29-33-60(8)46(38-48)21-23-50-54-27-25-52(42(6)17-12-15-40(3)4)62(54,10)35-31-56(50)60/h13,18-21,36,39-42,47-56H,11-12,14-17,22-35,37-38H2,1-10H3/t41-,42-,47+,48+,49+,50+,51-,52-,53+,54+,55+,56+,59+,60+,61-,62-/m1/s1. The van der Waals surface area contributed by atoms with Crippen LogP contribution in [0.5, 0.6) is 0 Å². The zero-order valence-electron chi connectivity index (χ0n) is 43.7. The second-order valence-electron chi connectivity index (χ2n) is 26.7. The van der Waals surface area contributed by atoms with Crippen LogP contribution in [0.4, 0.5) is 0 Å². The monoisotopic (exact) mass is 903 g/mol. The zero-order valence-corrected chi connectivity index (χ0v) is 43.7. The molecule has 9 rings (SSSR count). The van der Waals surface area contributed by atoms with Crippen LogP contribution < -0.4 is 0 Å². The first kappa shape index (κ1) is 48.7. The molecule has 0 saturated heterocycles. The van der Waals surface area contributed by atoms with Crippen molar-refractivity contribution in [2.24, 2.45) is 92.7 Å². The summed E-state index contributed by atoms with van der Waals surface area (Å²) in [5.74, 6) is 9.19. The number of rotatable bonds is 14. The summed E-state index contributed by atoms with van der Waals surface area (Å²) in [5, 5.41) is 0. The first-order valence-electron chi connectivity index (χ1n) is 28.4. The van der Waals surface area contributed by atoms with Gasteiger partial charge in [0.2, 0.25) is 0 Å². The van der Waals surface area contributed by atoms with Crippen LogP contribution in [0.3, 0.4) is 0 Å². The van der Waals surface area contributed by atoms with Crippen molar-refractivity contribution in [2.75, 3.05) is 0 Å². The number of ether oxygens (including phenoxy) is 2. The third-order valence-corrected chi connectivity index (χ3v) is 22.4. The van der Waals surface area contributed by atoms with Crippen molar-refractivity contribution in [1.29, 1.82) is 0 Å². The minimum atomic E-state index is -0.312. The van der Waals surface area contributed by atoms with Crippen molar-refractivity contribution in [1.82, 2.24) is 0 Å². The highest BCUT2D eigenvalue weighted by atomic mass is 16.5. The van der Waals surface area contributed by atoms with Crippen molar-refractivity contribution in [2.45, 2.75) is 223 Å². The van der Waals surface area contributed by atoms with Gasteiger partial charge in [-0.25, -0.2) is 9.59 Å². The molecular weight excluding hydrogens is 809 g/mol. The molecule has 366 valence electrons. The van der Waals surface area contributed by atoms with Crippen molar-refractivity contribution in [3.63, 3.8) is 0 Å². The molecule has 4 heteroatoms. The van der Waals surface area contributed by atoms with E-state index in [0.717, 1.165) is 110 Å². The van der Waals surface area contributed by atoms with Crippen LogP contribution in [0, 0.1) is 92.7 Å². The second kappa shape index (κ2) is 19.1. The van der Waals surface area contributed by atoms with E-state index in [1.54, 1.807) is 29.3 Å². The van der Waals surface area contributed by atoms with E-state index >= 15 is 0 Å². The summed E-state index contributed by atoms with van der Waals surface area (Å²) in [5.41, 5.74) is 5.41. The summed E-state index contributed by atoms with van der Waals surface area (Å²) >= 11 is 0. The minimum Gasteiger partial charge on any atom is -0.458 e. The first-order valence-corrected chi connectivity index (χ1v) is 28.4. The normalized spacial score (nSPS) is 41.3. The molecule has 1 aromatic carbocycles. The molecule has 0 aliphatic heterocycles. The number of benzene rings is 1. The summed E-state index contributed by atoms with van der Waals surface area (Å²) in [6.45, 7) is 25.1. The topological polar surface area (TPSA) is 52.6 Å². The van der Waals surface area contributed by atoms with Crippen molar-refractivity contribution in [3.05, 3.63) is 58.7 Å². The van der Waals surface area contributed by atoms with Crippen molar-refractivity contribution in [3.8, 4) is 0 Å². The molecule has 66 heavy (non-hydrogen) atoms. The average Bonchev–Trinajstić information content (AvgIpc) is 3.83. The van der Waals surface area contributed by atoms with Crippen LogP contribution in [-0.4, -0.2) is 24.1 Å². The van der Waals surface area contributed by atoms with Crippen LogP contribution in [0.1, 0.15) is 231 Å². The summed E-state index contributed by atoms with van der Waals surface area (Å²) in [4.78, 5) is 27.6. The maximum absolute atomic E-state index is 13.8. The molecule has 0 heterocycles. The average molecular weight is 903 g/mol. The van der Waals surface area contributed by atoms with Gasteiger partial charge in [-0.05, 0) is 201 Å². The van der Waals surface area contributed by atoms with Crippen molar-refractivity contribution >= 4 is 11.9 Å². The van der Waals surface area contributed by atoms with E-state index in [2.05, 4.69) is 81.4 Å². The van der Waals surface area contributed by atoms with Crippen LogP contribution in [-0.2, 0) is 9.47 Å². The number of carbonyl (C=O) groups excluding carboxylic acids is 2. The Hall–Kier alpha value is -2.36. The lowest BCUT2D eigenvalue weighted by Crippen LogP contribution is -2.51. The van der Waals surface area contributed by atoms with Gasteiger partial charge < -0.3 is 9.47 Å². The smallest absolute Gasteiger partial charge is 0.338 e. The third kappa shape index (κ3) is 8.89. The number of allylic oxidation sites excluding steroid dienone is 2. The largest absolute Gasteiger partial charge is 0.458 e. The maximum Gasteiger partial charge on any atom is 0.338 e. The molecule has 6 saturated carbocycles. The van der Waals surface area contributed by atoms with Crippen molar-refractivity contribution < 1.29 is 19.1 Å². The highest BCUT2D eigenvalue weighted by Gasteiger charge is 2.61. The van der Waals surface area contributed by atoms with E-state index in [-0.39, 0.29) is 35.0 Å². The van der Waals surface area contributed by atoms with Gasteiger partial charge >= 0.3 is 11.9 Å². The predicted octanol–water partition coefficient (Wildman–Crippen LogP) is 16.8. The summed E-state index contributed by atoms with van der Waals surface area (Å²) in [6.07, 6.45) is 32.5. The lowest BCUT2D eigenvalue weighted by molar-refractivity contribution is -0.0595. The number of fused-ring (bicyclic) bond motifs is 10. The molecule has 0 N–H and O–H groups in total. The molecule has 4 nitrogen and oxygen atoms in total. The van der Waals surface area contributed by atoms with E-state index < -0.39 is 0 Å². The Kier molecular flexibility index (Phi) is 14.1. The quantitative estimate of drug-likeness (QED) is 0.138.